The van der Waals surface area contributed by atoms with Gasteiger partial charge in [-0.15, -0.1) is 8.58 Å². The molecule has 1 aromatic carbocycles. The van der Waals surface area contributed by atoms with Crippen LogP contribution in [0.3, 0.4) is 0 Å². The van der Waals surface area contributed by atoms with Crippen LogP contribution in [0.5, 0.6) is 5.75 Å². The van der Waals surface area contributed by atoms with E-state index in [1.165, 1.54) is 19.0 Å². The zero-order valence-electron chi connectivity index (χ0n) is 8.12. The molecule has 0 aliphatic rings. The van der Waals surface area contributed by atoms with Gasteiger partial charge in [0, 0.05) is 0 Å². The molecule has 1 nitrogen and oxygen atoms in total. The molecule has 0 spiro atoms. The van der Waals surface area contributed by atoms with Crippen molar-refractivity contribution in [3.8, 4) is 5.75 Å². The van der Waals surface area contributed by atoms with Gasteiger partial charge in [0.15, 0.2) is 0 Å². The van der Waals surface area contributed by atoms with Crippen LogP contribution in [0, 0.1) is 0 Å². The average molecular weight is 196 g/mol. The van der Waals surface area contributed by atoms with Crippen LogP contribution in [-0.4, -0.2) is 19.4 Å². The summed E-state index contributed by atoms with van der Waals surface area (Å²) >= 11 is 0. The summed E-state index contributed by atoms with van der Waals surface area (Å²) in [6.07, 6.45) is 3.82. The first kappa shape index (κ1) is 10.5. The maximum Gasteiger partial charge on any atom is 0.119 e. The van der Waals surface area contributed by atoms with Crippen LogP contribution in [0.1, 0.15) is 12.8 Å². The van der Waals surface area contributed by atoms with Crippen LogP contribution >= 0.6 is 8.58 Å². The summed E-state index contributed by atoms with van der Waals surface area (Å²) in [5.41, 5.74) is 0. The largest absolute Gasteiger partial charge is 0.494 e. The fourth-order valence-electron chi connectivity index (χ4n) is 1.11. The quantitative estimate of drug-likeness (QED) is 0.501. The van der Waals surface area contributed by atoms with E-state index in [0.29, 0.717) is 0 Å². The van der Waals surface area contributed by atoms with Crippen LogP contribution in [0.25, 0.3) is 0 Å². The SMILES string of the molecule is CPCCCCOc1ccccc1. The average Bonchev–Trinajstić information content (AvgIpc) is 2.19. The van der Waals surface area contributed by atoms with Crippen LogP contribution in [0.4, 0.5) is 0 Å². The van der Waals surface area contributed by atoms with Crippen molar-refractivity contribution in [2.75, 3.05) is 19.4 Å². The van der Waals surface area contributed by atoms with E-state index in [2.05, 4.69) is 6.66 Å². The van der Waals surface area contributed by atoms with E-state index in [-0.39, 0.29) is 0 Å². The fourth-order valence-corrected chi connectivity index (χ4v) is 1.71. The molecule has 0 radical (unpaired) electrons. The molecule has 0 heterocycles. The van der Waals surface area contributed by atoms with Gasteiger partial charge in [-0.2, -0.15) is 0 Å². The number of ether oxygens (including phenoxy) is 1. The number of benzene rings is 1. The van der Waals surface area contributed by atoms with Gasteiger partial charge in [-0.3, -0.25) is 0 Å². The van der Waals surface area contributed by atoms with Crippen molar-refractivity contribution in [2.45, 2.75) is 12.8 Å². The molecule has 0 aliphatic carbocycles. The molecule has 13 heavy (non-hydrogen) atoms. The third kappa shape index (κ3) is 4.90. The summed E-state index contributed by atoms with van der Waals surface area (Å²) < 4.78 is 5.56. The van der Waals surface area contributed by atoms with E-state index in [4.69, 9.17) is 4.74 Å². The molecule has 2 heteroatoms. The minimum Gasteiger partial charge on any atom is -0.494 e. The van der Waals surface area contributed by atoms with Gasteiger partial charge in [0.25, 0.3) is 0 Å². The van der Waals surface area contributed by atoms with Crippen molar-refractivity contribution in [2.24, 2.45) is 0 Å². The van der Waals surface area contributed by atoms with Gasteiger partial charge >= 0.3 is 0 Å². The second kappa shape index (κ2) is 6.91. The third-order valence-electron chi connectivity index (χ3n) is 1.83. The predicted octanol–water partition coefficient (Wildman–Crippen LogP) is 3.15. The Morgan fingerprint density at radius 1 is 1.15 bits per heavy atom. The molecule has 0 bridgehead atoms. The molecule has 1 atom stereocenters. The van der Waals surface area contributed by atoms with E-state index >= 15 is 0 Å². The normalized spacial score (nSPS) is 10.8. The van der Waals surface area contributed by atoms with Crippen molar-refractivity contribution in [1.29, 1.82) is 0 Å². The second-order valence-electron chi connectivity index (χ2n) is 2.97. The Bertz CT molecular complexity index is 211. The Hall–Kier alpha value is -0.550. The van der Waals surface area contributed by atoms with Crippen molar-refractivity contribution in [3.05, 3.63) is 30.3 Å². The Morgan fingerprint density at radius 3 is 2.62 bits per heavy atom. The highest BCUT2D eigenvalue weighted by Gasteiger charge is 1.90. The van der Waals surface area contributed by atoms with Crippen LogP contribution in [0.15, 0.2) is 30.3 Å². The van der Waals surface area contributed by atoms with Crippen LogP contribution in [0.2, 0.25) is 0 Å². The predicted molar refractivity (Wildman–Crippen MR) is 60.3 cm³/mol. The highest BCUT2D eigenvalue weighted by molar-refractivity contribution is 7.36. The number of rotatable bonds is 6. The molecule has 72 valence electrons. The maximum absolute atomic E-state index is 5.56. The monoisotopic (exact) mass is 196 g/mol. The van der Waals surface area contributed by atoms with Gasteiger partial charge in [-0.05, 0) is 37.8 Å². The second-order valence-corrected chi connectivity index (χ2v) is 4.18. The first-order chi connectivity index (χ1) is 6.43. The molecule has 0 saturated heterocycles. The third-order valence-corrected chi connectivity index (χ3v) is 2.69. The summed E-state index contributed by atoms with van der Waals surface area (Å²) in [5, 5.41) is 0. The van der Waals surface area contributed by atoms with E-state index < -0.39 is 0 Å². The highest BCUT2D eigenvalue weighted by atomic mass is 31.1. The van der Waals surface area contributed by atoms with Gasteiger partial charge in [0.1, 0.15) is 5.75 Å². The lowest BCUT2D eigenvalue weighted by molar-refractivity contribution is 0.310. The molecular formula is C11H17OP. The molecule has 0 fully saturated rings. The maximum atomic E-state index is 5.56. The van der Waals surface area contributed by atoms with E-state index in [1.807, 2.05) is 30.3 Å². The van der Waals surface area contributed by atoms with Crippen molar-refractivity contribution >= 4 is 8.58 Å². The molecular weight excluding hydrogens is 179 g/mol. The van der Waals surface area contributed by atoms with Crippen molar-refractivity contribution in [3.63, 3.8) is 0 Å². The van der Waals surface area contributed by atoms with Crippen LogP contribution in [-0.2, 0) is 0 Å². The first-order valence-electron chi connectivity index (χ1n) is 4.76. The number of para-hydroxylation sites is 1. The lowest BCUT2D eigenvalue weighted by atomic mass is 10.3. The van der Waals surface area contributed by atoms with Crippen LogP contribution < -0.4 is 4.74 Å². The Balaban J connectivity index is 2.07. The molecule has 0 aromatic heterocycles. The summed E-state index contributed by atoms with van der Waals surface area (Å²) in [6, 6.07) is 10.0. The molecule has 0 saturated carbocycles. The van der Waals surface area contributed by atoms with E-state index in [9.17, 15) is 0 Å². The molecule has 1 unspecified atom stereocenters. The molecule has 1 aromatic rings. The fraction of sp³-hybridized carbons (Fsp3) is 0.455. The lowest BCUT2D eigenvalue weighted by Crippen LogP contribution is -1.97. The minimum absolute atomic E-state index is 0.856. The first-order valence-corrected chi connectivity index (χ1v) is 6.46. The minimum atomic E-state index is 0.856. The van der Waals surface area contributed by atoms with Crippen molar-refractivity contribution < 1.29 is 4.74 Å². The summed E-state index contributed by atoms with van der Waals surface area (Å²) in [6.45, 7) is 3.10. The lowest BCUT2D eigenvalue weighted by Gasteiger charge is -2.04. The number of hydrogen-bond acceptors (Lipinski definition) is 1. The standard InChI is InChI=1S/C11H17OP/c1-13-10-6-5-9-12-11-7-3-2-4-8-11/h2-4,7-8,13H,5-6,9-10H2,1H3. The molecule has 0 amide bonds. The molecule has 1 rings (SSSR count). The summed E-state index contributed by atoms with van der Waals surface area (Å²) in [5.74, 6) is 0.987. The summed E-state index contributed by atoms with van der Waals surface area (Å²) in [7, 11) is 1.08. The number of unbranched alkanes of at least 4 members (excludes halogenated alkanes) is 1. The smallest absolute Gasteiger partial charge is 0.119 e. The molecule has 0 aliphatic heterocycles. The number of hydrogen-bond donors (Lipinski definition) is 0. The van der Waals surface area contributed by atoms with Crippen molar-refractivity contribution in [1.82, 2.24) is 0 Å². The molecule has 0 N–H and O–H groups in total. The van der Waals surface area contributed by atoms with E-state index in [1.54, 1.807) is 0 Å². The Kier molecular flexibility index (Phi) is 5.60. The van der Waals surface area contributed by atoms with Gasteiger partial charge in [-0.1, -0.05) is 18.2 Å². The Labute approximate surface area is 82.3 Å². The van der Waals surface area contributed by atoms with E-state index in [0.717, 1.165) is 20.9 Å². The topological polar surface area (TPSA) is 9.23 Å². The van der Waals surface area contributed by atoms with Gasteiger partial charge in [0.05, 0.1) is 6.61 Å². The highest BCUT2D eigenvalue weighted by Crippen LogP contribution is 2.10. The van der Waals surface area contributed by atoms with Gasteiger partial charge in [0.2, 0.25) is 0 Å². The Morgan fingerprint density at radius 2 is 1.92 bits per heavy atom. The van der Waals surface area contributed by atoms with Gasteiger partial charge in [-0.25, -0.2) is 0 Å². The zero-order valence-corrected chi connectivity index (χ0v) is 9.12. The zero-order chi connectivity index (χ0) is 9.36. The van der Waals surface area contributed by atoms with Gasteiger partial charge < -0.3 is 4.74 Å². The summed E-state index contributed by atoms with van der Waals surface area (Å²) in [4.78, 5) is 0.